The predicted octanol–water partition coefficient (Wildman–Crippen LogP) is 3.33. The number of hydrogen-bond acceptors (Lipinski definition) is 7. The highest BCUT2D eigenvalue weighted by atomic mass is 16.5. The first-order valence-electron chi connectivity index (χ1n) is 8.56. The molecule has 0 aromatic heterocycles. The molecule has 0 aliphatic carbocycles. The monoisotopic (exact) mass is 373 g/mol. The first-order valence-corrected chi connectivity index (χ1v) is 8.56. The van der Waals surface area contributed by atoms with Gasteiger partial charge >= 0.3 is 11.9 Å². The number of isocyanates is 1. The third-order valence-corrected chi connectivity index (χ3v) is 4.69. The zero-order valence-corrected chi connectivity index (χ0v) is 16.2. The second kappa shape index (κ2) is 8.64. The van der Waals surface area contributed by atoms with E-state index >= 15 is 0 Å². The second-order valence-electron chi connectivity index (χ2n) is 6.50. The van der Waals surface area contributed by atoms with Crippen LogP contribution in [-0.4, -0.2) is 32.2 Å². The number of carbonyl (C=O) groups is 2. The molecule has 1 atom stereocenters. The summed E-state index contributed by atoms with van der Waals surface area (Å²) in [5.41, 5.74) is 3.56. The van der Waals surface area contributed by atoms with Gasteiger partial charge in [-0.15, -0.1) is 0 Å². The molecule has 1 aliphatic heterocycles. The van der Waals surface area contributed by atoms with Gasteiger partial charge in [0.05, 0.1) is 31.4 Å². The Labute approximate surface area is 158 Å². The molecule has 0 spiro atoms. The van der Waals surface area contributed by atoms with Crippen LogP contribution < -0.4 is 4.74 Å². The zero-order chi connectivity index (χ0) is 20.1. The van der Waals surface area contributed by atoms with Crippen molar-refractivity contribution in [3.8, 4) is 5.75 Å². The molecule has 0 amide bonds. The lowest BCUT2D eigenvalue weighted by molar-refractivity contribution is -0.144. The first kappa shape index (κ1) is 20.4. The number of nitrogens with zero attached hydrogens (tertiary/aromatic N) is 1. The van der Waals surface area contributed by atoms with E-state index in [1.165, 1.54) is 20.3 Å². The number of ether oxygens (including phenoxy) is 3. The van der Waals surface area contributed by atoms with Crippen LogP contribution in [0.4, 0.5) is 5.69 Å². The number of allylic oxidation sites excluding steroid dienone is 2. The molecule has 0 saturated heterocycles. The van der Waals surface area contributed by atoms with Gasteiger partial charge in [-0.1, -0.05) is 18.6 Å². The maximum atomic E-state index is 12.1. The van der Waals surface area contributed by atoms with Crippen LogP contribution in [-0.2, 0) is 32.1 Å². The number of hydrogen-bond donors (Lipinski definition) is 0. The third-order valence-electron chi connectivity index (χ3n) is 4.69. The van der Waals surface area contributed by atoms with E-state index in [1.54, 1.807) is 6.92 Å². The van der Waals surface area contributed by atoms with E-state index in [4.69, 9.17) is 14.2 Å². The number of benzene rings is 1. The average molecular weight is 373 g/mol. The van der Waals surface area contributed by atoms with Gasteiger partial charge in [0.15, 0.2) is 0 Å². The fraction of sp³-hybridized carbons (Fsp3) is 0.450. The normalized spacial score (nSPS) is 14.1. The highest BCUT2D eigenvalue weighted by Crippen LogP contribution is 2.42. The fourth-order valence-corrected chi connectivity index (χ4v) is 3.32. The Morgan fingerprint density at radius 2 is 2.11 bits per heavy atom. The van der Waals surface area contributed by atoms with E-state index in [2.05, 4.69) is 4.99 Å². The summed E-state index contributed by atoms with van der Waals surface area (Å²) in [6.07, 6.45) is 4.36. The highest BCUT2D eigenvalue weighted by molar-refractivity contribution is 6.01. The molecule has 0 bridgehead atoms. The van der Waals surface area contributed by atoms with Crippen molar-refractivity contribution in [2.45, 2.75) is 40.2 Å². The maximum Gasteiger partial charge on any atom is 0.341 e. The largest absolute Gasteiger partial charge is 0.496 e. The summed E-state index contributed by atoms with van der Waals surface area (Å²) in [5, 5.41) is 0. The van der Waals surface area contributed by atoms with Crippen LogP contribution >= 0.6 is 0 Å². The fourth-order valence-electron chi connectivity index (χ4n) is 3.32. The molecular weight excluding hydrogens is 350 g/mol. The molecule has 144 valence electrons. The number of carbonyl (C=O) groups excluding carboxylic acids is 3. The second-order valence-corrected chi connectivity index (χ2v) is 6.50. The Kier molecular flexibility index (Phi) is 6.53. The van der Waals surface area contributed by atoms with E-state index in [-0.39, 0.29) is 24.2 Å². The van der Waals surface area contributed by atoms with E-state index in [0.717, 1.165) is 11.1 Å². The molecule has 0 saturated carbocycles. The molecule has 1 heterocycles. The van der Waals surface area contributed by atoms with Crippen LogP contribution in [0, 0.1) is 12.8 Å². The van der Waals surface area contributed by atoms with Gasteiger partial charge in [0.2, 0.25) is 6.08 Å². The molecule has 2 rings (SSSR count). The van der Waals surface area contributed by atoms with Gasteiger partial charge in [0.1, 0.15) is 12.4 Å². The van der Waals surface area contributed by atoms with E-state index in [1.807, 2.05) is 19.9 Å². The number of methoxy groups -OCH3 is 2. The lowest BCUT2D eigenvalue weighted by Crippen LogP contribution is -2.12. The SMILES string of the molecule is COC(=O)C(C)CC(C)=CCc1c(N=C=O)c2c(c(C)c1OC)COC2=O. The standard InChI is InChI=1S/C20H23NO6/c1-11(8-12(2)19(23)26-5)6-7-14-17(21-10-22)16-15(9-27-20(16)24)13(3)18(14)25-4/h6,12H,7-9H2,1-5H3. The molecule has 1 unspecified atom stereocenters. The molecule has 0 N–H and O–H groups in total. The Bertz CT molecular complexity index is 849. The number of esters is 2. The topological polar surface area (TPSA) is 91.3 Å². The number of cyclic esters (lactones) is 1. The van der Waals surface area contributed by atoms with Gasteiger partial charge in [-0.3, -0.25) is 4.79 Å². The lowest BCUT2D eigenvalue weighted by atomic mass is 9.93. The van der Waals surface area contributed by atoms with Crippen molar-refractivity contribution in [1.82, 2.24) is 0 Å². The van der Waals surface area contributed by atoms with Gasteiger partial charge in [0, 0.05) is 11.1 Å². The van der Waals surface area contributed by atoms with Crippen molar-refractivity contribution in [3.63, 3.8) is 0 Å². The summed E-state index contributed by atoms with van der Waals surface area (Å²) in [4.78, 5) is 38.5. The van der Waals surface area contributed by atoms with E-state index in [9.17, 15) is 14.4 Å². The maximum absolute atomic E-state index is 12.1. The number of rotatable bonds is 7. The molecule has 1 aromatic carbocycles. The van der Waals surface area contributed by atoms with Crippen LogP contribution in [0.1, 0.15) is 47.3 Å². The summed E-state index contributed by atoms with van der Waals surface area (Å²) >= 11 is 0. The molecule has 1 aromatic rings. The van der Waals surface area contributed by atoms with Crippen molar-refractivity contribution in [2.75, 3.05) is 14.2 Å². The third kappa shape index (κ3) is 4.09. The van der Waals surface area contributed by atoms with Crippen LogP contribution in [0.5, 0.6) is 5.75 Å². The Morgan fingerprint density at radius 3 is 2.70 bits per heavy atom. The first-order chi connectivity index (χ1) is 12.8. The van der Waals surface area contributed by atoms with Crippen molar-refractivity contribution >= 4 is 23.7 Å². The quantitative estimate of drug-likeness (QED) is 0.315. The van der Waals surface area contributed by atoms with Crippen molar-refractivity contribution in [2.24, 2.45) is 10.9 Å². The minimum Gasteiger partial charge on any atom is -0.496 e. The summed E-state index contributed by atoms with van der Waals surface area (Å²) in [6.45, 7) is 5.67. The molecule has 27 heavy (non-hydrogen) atoms. The summed E-state index contributed by atoms with van der Waals surface area (Å²) in [5.74, 6) is -0.489. The van der Waals surface area contributed by atoms with E-state index < -0.39 is 5.97 Å². The molecule has 0 fully saturated rings. The molecule has 0 radical (unpaired) electrons. The van der Waals surface area contributed by atoms with Gasteiger partial charge in [0.25, 0.3) is 0 Å². The van der Waals surface area contributed by atoms with Crippen LogP contribution in [0.25, 0.3) is 0 Å². The van der Waals surface area contributed by atoms with Gasteiger partial charge in [-0.05, 0) is 32.3 Å². The summed E-state index contributed by atoms with van der Waals surface area (Å²) in [6, 6.07) is 0. The van der Waals surface area contributed by atoms with Crippen LogP contribution in [0.3, 0.4) is 0 Å². The smallest absolute Gasteiger partial charge is 0.341 e. The Balaban J connectivity index is 2.47. The Morgan fingerprint density at radius 1 is 1.41 bits per heavy atom. The van der Waals surface area contributed by atoms with Gasteiger partial charge in [-0.2, -0.15) is 4.99 Å². The predicted molar refractivity (Wildman–Crippen MR) is 97.9 cm³/mol. The summed E-state index contributed by atoms with van der Waals surface area (Å²) in [7, 11) is 2.89. The van der Waals surface area contributed by atoms with Crippen molar-refractivity contribution in [1.29, 1.82) is 0 Å². The summed E-state index contributed by atoms with van der Waals surface area (Å²) < 4.78 is 15.4. The molecular formula is C20H23NO6. The molecule has 1 aliphatic rings. The number of aliphatic imine (C=N–C) groups is 1. The highest BCUT2D eigenvalue weighted by Gasteiger charge is 2.32. The van der Waals surface area contributed by atoms with Crippen molar-refractivity contribution in [3.05, 3.63) is 33.9 Å². The zero-order valence-electron chi connectivity index (χ0n) is 16.2. The van der Waals surface area contributed by atoms with Gasteiger partial charge < -0.3 is 14.2 Å². The van der Waals surface area contributed by atoms with E-state index in [0.29, 0.717) is 35.3 Å². The molecule has 7 nitrogen and oxygen atoms in total. The van der Waals surface area contributed by atoms with Crippen LogP contribution in [0.15, 0.2) is 16.6 Å². The Hall–Kier alpha value is -2.92. The van der Waals surface area contributed by atoms with Crippen molar-refractivity contribution < 1.29 is 28.6 Å². The molecule has 7 heteroatoms. The number of fused-ring (bicyclic) bond motifs is 1. The minimum absolute atomic E-state index is 0.129. The minimum atomic E-state index is -0.508. The lowest BCUT2D eigenvalue weighted by Gasteiger charge is -2.16. The van der Waals surface area contributed by atoms with Crippen LogP contribution in [0.2, 0.25) is 0 Å². The average Bonchev–Trinajstić information content (AvgIpc) is 3.03. The van der Waals surface area contributed by atoms with Gasteiger partial charge in [-0.25, -0.2) is 9.59 Å².